The van der Waals surface area contributed by atoms with Crippen LogP contribution in [-0.2, 0) is 6.54 Å². The number of nitrogens with zero attached hydrogens (tertiary/aromatic N) is 1. The molecule has 0 amide bonds. The molecule has 4 heteroatoms. The van der Waals surface area contributed by atoms with Crippen molar-refractivity contribution in [2.45, 2.75) is 45.4 Å². The molecule has 0 aliphatic heterocycles. The Kier molecular flexibility index (Phi) is 3.29. The van der Waals surface area contributed by atoms with Crippen molar-refractivity contribution in [3.05, 3.63) is 16.6 Å². The average molecular weight is 214 g/mol. The number of hydrogen-bond acceptors (Lipinski definition) is 4. The predicted octanol–water partition coefficient (Wildman–Crippen LogP) is 1.78. The molecule has 0 unspecified atom stereocenters. The van der Waals surface area contributed by atoms with Crippen LogP contribution < -0.4 is 5.32 Å². The first-order valence-electron chi connectivity index (χ1n) is 4.68. The molecule has 0 saturated heterocycles. The summed E-state index contributed by atoms with van der Waals surface area (Å²) in [5.41, 5.74) is 0.767. The molecule has 1 heterocycles. The highest BCUT2D eigenvalue weighted by atomic mass is 32.1. The highest BCUT2D eigenvalue weighted by Crippen LogP contribution is 2.21. The maximum Gasteiger partial charge on any atom is 0.0794 e. The minimum absolute atomic E-state index is 0.309. The lowest BCUT2D eigenvalue weighted by molar-refractivity contribution is -0.00520. The van der Waals surface area contributed by atoms with Crippen LogP contribution in [0.25, 0.3) is 0 Å². The van der Waals surface area contributed by atoms with Gasteiger partial charge in [0, 0.05) is 23.2 Å². The number of aromatic nitrogens is 1. The van der Waals surface area contributed by atoms with Crippen LogP contribution in [0, 0.1) is 0 Å². The monoisotopic (exact) mass is 214 g/mol. The van der Waals surface area contributed by atoms with Gasteiger partial charge in [0.15, 0.2) is 0 Å². The van der Waals surface area contributed by atoms with Crippen molar-refractivity contribution in [2.75, 3.05) is 0 Å². The second-order valence-electron chi connectivity index (χ2n) is 4.51. The maximum atomic E-state index is 9.90. The highest BCUT2D eigenvalue weighted by molar-refractivity contribution is 7.09. The summed E-state index contributed by atoms with van der Waals surface area (Å²) in [5.74, 6) is 0. The molecule has 0 bridgehead atoms. The average Bonchev–Trinajstić information content (AvgIpc) is 2.50. The Hall–Kier alpha value is -0.450. The molecule has 80 valence electrons. The van der Waals surface area contributed by atoms with Crippen molar-refractivity contribution in [1.82, 2.24) is 10.3 Å². The molecular formula is C10H18N2OS. The van der Waals surface area contributed by atoms with E-state index < -0.39 is 5.60 Å². The normalized spacial score (nSPS) is 13.2. The van der Waals surface area contributed by atoms with Crippen LogP contribution in [0.2, 0.25) is 0 Å². The fourth-order valence-electron chi connectivity index (χ4n) is 0.854. The largest absolute Gasteiger partial charge is 0.389 e. The molecule has 1 aromatic rings. The van der Waals surface area contributed by atoms with E-state index in [0.717, 1.165) is 6.54 Å². The molecule has 0 atom stereocenters. The first-order chi connectivity index (χ1) is 6.33. The number of nitrogens with one attached hydrogen (secondary N) is 1. The summed E-state index contributed by atoms with van der Waals surface area (Å²) in [7, 11) is 0. The molecule has 0 saturated carbocycles. The van der Waals surface area contributed by atoms with Gasteiger partial charge in [-0.2, -0.15) is 0 Å². The van der Waals surface area contributed by atoms with E-state index in [1.54, 1.807) is 11.3 Å². The summed E-state index contributed by atoms with van der Waals surface area (Å²) in [5, 5.41) is 13.2. The topological polar surface area (TPSA) is 45.1 Å². The third-order valence-electron chi connectivity index (χ3n) is 2.72. The fraction of sp³-hybridized carbons (Fsp3) is 0.700. The van der Waals surface area contributed by atoms with Crippen LogP contribution >= 0.6 is 11.3 Å². The van der Waals surface area contributed by atoms with E-state index in [2.05, 4.69) is 10.3 Å². The molecule has 1 aromatic heterocycles. The van der Waals surface area contributed by atoms with E-state index in [9.17, 15) is 5.11 Å². The second kappa shape index (κ2) is 3.96. The van der Waals surface area contributed by atoms with Crippen molar-refractivity contribution < 1.29 is 5.11 Å². The van der Waals surface area contributed by atoms with Crippen molar-refractivity contribution in [3.8, 4) is 0 Å². The molecule has 0 aliphatic rings. The van der Waals surface area contributed by atoms with E-state index in [4.69, 9.17) is 0 Å². The summed E-state index contributed by atoms with van der Waals surface area (Å²) in [6.45, 7) is 8.36. The Morgan fingerprint density at radius 3 is 2.50 bits per heavy atom. The number of hydrogen-bond donors (Lipinski definition) is 2. The van der Waals surface area contributed by atoms with Gasteiger partial charge in [0.25, 0.3) is 0 Å². The van der Waals surface area contributed by atoms with Gasteiger partial charge in [-0.3, -0.25) is 4.98 Å². The van der Waals surface area contributed by atoms with E-state index in [1.807, 2.05) is 39.4 Å². The van der Waals surface area contributed by atoms with Gasteiger partial charge < -0.3 is 10.4 Å². The SMILES string of the molecule is CC(C)(O)C(C)(C)NCc1cncs1. The number of rotatable bonds is 4. The Morgan fingerprint density at radius 1 is 1.43 bits per heavy atom. The van der Waals surface area contributed by atoms with Gasteiger partial charge >= 0.3 is 0 Å². The molecule has 14 heavy (non-hydrogen) atoms. The third kappa shape index (κ3) is 2.77. The van der Waals surface area contributed by atoms with Crippen molar-refractivity contribution >= 4 is 11.3 Å². The van der Waals surface area contributed by atoms with Gasteiger partial charge in [-0.25, -0.2) is 0 Å². The van der Waals surface area contributed by atoms with E-state index in [0.29, 0.717) is 0 Å². The fourth-order valence-corrected chi connectivity index (χ4v) is 1.39. The third-order valence-corrected chi connectivity index (χ3v) is 3.50. The van der Waals surface area contributed by atoms with Crippen LogP contribution in [-0.4, -0.2) is 21.2 Å². The molecule has 0 fully saturated rings. The van der Waals surface area contributed by atoms with Gasteiger partial charge in [0.05, 0.1) is 11.1 Å². The van der Waals surface area contributed by atoms with Crippen LogP contribution in [0.15, 0.2) is 11.7 Å². The standard InChI is InChI=1S/C10H18N2OS/c1-9(2,10(3,4)13)12-6-8-5-11-7-14-8/h5,7,12-13H,6H2,1-4H3. The first kappa shape index (κ1) is 11.6. The summed E-state index contributed by atoms with van der Waals surface area (Å²) >= 11 is 1.62. The molecule has 3 nitrogen and oxygen atoms in total. The minimum atomic E-state index is -0.738. The zero-order valence-electron chi connectivity index (χ0n) is 9.16. The minimum Gasteiger partial charge on any atom is -0.389 e. The Bertz CT molecular complexity index is 275. The van der Waals surface area contributed by atoms with Gasteiger partial charge in [-0.1, -0.05) is 0 Å². The number of aliphatic hydroxyl groups is 1. The summed E-state index contributed by atoms with van der Waals surface area (Å²) < 4.78 is 0. The Morgan fingerprint density at radius 2 is 2.07 bits per heavy atom. The maximum absolute atomic E-state index is 9.90. The molecule has 1 rings (SSSR count). The van der Waals surface area contributed by atoms with Crippen LogP contribution in [0.5, 0.6) is 0 Å². The lowest BCUT2D eigenvalue weighted by atomic mass is 9.86. The van der Waals surface area contributed by atoms with Crippen LogP contribution in [0.3, 0.4) is 0 Å². The van der Waals surface area contributed by atoms with Crippen molar-refractivity contribution in [2.24, 2.45) is 0 Å². The molecular weight excluding hydrogens is 196 g/mol. The molecule has 2 N–H and O–H groups in total. The van der Waals surface area contributed by atoms with Crippen molar-refractivity contribution in [3.63, 3.8) is 0 Å². The Labute approximate surface area is 89.2 Å². The first-order valence-corrected chi connectivity index (χ1v) is 5.56. The van der Waals surface area contributed by atoms with Crippen LogP contribution in [0.4, 0.5) is 0 Å². The summed E-state index contributed by atoms with van der Waals surface area (Å²) in [6.07, 6.45) is 1.85. The summed E-state index contributed by atoms with van der Waals surface area (Å²) in [4.78, 5) is 5.18. The molecule has 0 spiro atoms. The second-order valence-corrected chi connectivity index (χ2v) is 5.48. The highest BCUT2D eigenvalue weighted by Gasteiger charge is 2.34. The van der Waals surface area contributed by atoms with E-state index in [1.165, 1.54) is 4.88 Å². The Balaban J connectivity index is 2.53. The predicted molar refractivity (Wildman–Crippen MR) is 59.3 cm³/mol. The number of thiazole rings is 1. The van der Waals surface area contributed by atoms with Gasteiger partial charge in [0.2, 0.25) is 0 Å². The lowest BCUT2D eigenvalue weighted by Crippen LogP contribution is -2.55. The molecule has 0 aliphatic carbocycles. The zero-order chi connectivity index (χ0) is 10.8. The van der Waals surface area contributed by atoms with Crippen molar-refractivity contribution in [1.29, 1.82) is 0 Å². The van der Waals surface area contributed by atoms with Gasteiger partial charge in [-0.15, -0.1) is 11.3 Å². The quantitative estimate of drug-likeness (QED) is 0.803. The van der Waals surface area contributed by atoms with Crippen LogP contribution in [0.1, 0.15) is 32.6 Å². The molecule has 0 radical (unpaired) electrons. The van der Waals surface area contributed by atoms with Gasteiger partial charge in [0.1, 0.15) is 0 Å². The van der Waals surface area contributed by atoms with E-state index in [-0.39, 0.29) is 5.54 Å². The smallest absolute Gasteiger partial charge is 0.0794 e. The van der Waals surface area contributed by atoms with E-state index >= 15 is 0 Å². The lowest BCUT2D eigenvalue weighted by Gasteiger charge is -2.38. The zero-order valence-corrected chi connectivity index (χ0v) is 9.98. The van der Waals surface area contributed by atoms with Gasteiger partial charge in [-0.05, 0) is 27.7 Å². The summed E-state index contributed by atoms with van der Waals surface area (Å²) in [6, 6.07) is 0. The molecule has 0 aromatic carbocycles.